The Morgan fingerprint density at radius 1 is 1.00 bits per heavy atom. The first-order valence-electron chi connectivity index (χ1n) is 4.35. The summed E-state index contributed by atoms with van der Waals surface area (Å²) in [5.74, 6) is 0. The van der Waals surface area contributed by atoms with E-state index in [-0.39, 0.29) is 0 Å². The van der Waals surface area contributed by atoms with Crippen LogP contribution in [0.25, 0.3) is 0 Å². The molecule has 1 aromatic carbocycles. The van der Waals surface area contributed by atoms with Crippen molar-refractivity contribution in [3.8, 4) is 0 Å². The highest BCUT2D eigenvalue weighted by atomic mass is 32.2. The lowest BCUT2D eigenvalue weighted by Crippen LogP contribution is -1.85. The third kappa shape index (κ3) is 2.69. The Morgan fingerprint density at radius 3 is 1.93 bits per heavy atom. The molecule has 0 atom stereocenters. The van der Waals surface area contributed by atoms with Crippen molar-refractivity contribution in [1.29, 1.82) is 0 Å². The Bertz CT molecular complexity index is 330. The second kappa shape index (κ2) is 5.32. The summed E-state index contributed by atoms with van der Waals surface area (Å²) in [6.45, 7) is 11.7. The molecule has 0 radical (unpaired) electrons. The third-order valence-corrected chi connectivity index (χ3v) is 3.58. The first kappa shape index (κ1) is 11.5. The number of thioether (sulfide) groups is 2. The second-order valence-electron chi connectivity index (χ2n) is 2.96. The molecule has 0 fully saturated rings. The minimum absolute atomic E-state index is 1.25. The fourth-order valence-electron chi connectivity index (χ4n) is 1.34. The van der Waals surface area contributed by atoms with Crippen LogP contribution in [0.2, 0.25) is 0 Å². The molecular formula is C12H14S2. The minimum Gasteiger partial charge on any atom is -0.0987 e. The van der Waals surface area contributed by atoms with Gasteiger partial charge in [0.2, 0.25) is 0 Å². The van der Waals surface area contributed by atoms with E-state index in [1.165, 1.54) is 20.9 Å². The Labute approximate surface area is 94.5 Å². The second-order valence-corrected chi connectivity index (χ2v) is 4.97. The summed E-state index contributed by atoms with van der Waals surface area (Å²) >= 11 is 3.34. The molecule has 0 aliphatic carbocycles. The van der Waals surface area contributed by atoms with Crippen molar-refractivity contribution in [2.45, 2.75) is 23.6 Å². The maximum Gasteiger partial charge on any atom is 0.0175 e. The maximum atomic E-state index is 3.74. The molecule has 0 saturated carbocycles. The molecule has 0 spiro atoms. The van der Waals surface area contributed by atoms with E-state index >= 15 is 0 Å². The van der Waals surface area contributed by atoms with Gasteiger partial charge in [-0.3, -0.25) is 0 Å². The highest BCUT2D eigenvalue weighted by Crippen LogP contribution is 2.31. The van der Waals surface area contributed by atoms with Crippen LogP contribution < -0.4 is 0 Å². The van der Waals surface area contributed by atoms with Gasteiger partial charge in [0.15, 0.2) is 0 Å². The van der Waals surface area contributed by atoms with Crippen molar-refractivity contribution in [3.63, 3.8) is 0 Å². The molecule has 2 heteroatoms. The van der Waals surface area contributed by atoms with Crippen LogP contribution in [0.1, 0.15) is 11.1 Å². The predicted molar refractivity (Wildman–Crippen MR) is 68.0 cm³/mol. The van der Waals surface area contributed by atoms with Gasteiger partial charge < -0.3 is 0 Å². The van der Waals surface area contributed by atoms with Crippen LogP contribution in [0.5, 0.6) is 0 Å². The molecule has 1 aromatic rings. The van der Waals surface area contributed by atoms with Crippen LogP contribution in [-0.2, 0) is 0 Å². The van der Waals surface area contributed by atoms with E-state index in [9.17, 15) is 0 Å². The average Bonchev–Trinajstić information content (AvgIpc) is 2.12. The van der Waals surface area contributed by atoms with Crippen molar-refractivity contribution in [2.75, 3.05) is 0 Å². The van der Waals surface area contributed by atoms with Gasteiger partial charge >= 0.3 is 0 Å². The zero-order valence-electron chi connectivity index (χ0n) is 8.54. The van der Waals surface area contributed by atoms with Crippen LogP contribution >= 0.6 is 23.5 Å². The zero-order chi connectivity index (χ0) is 10.6. The smallest absolute Gasteiger partial charge is 0.0175 e. The van der Waals surface area contributed by atoms with E-state index in [2.05, 4.69) is 39.1 Å². The minimum atomic E-state index is 1.25. The monoisotopic (exact) mass is 222 g/mol. The van der Waals surface area contributed by atoms with Gasteiger partial charge in [-0.15, -0.1) is 0 Å². The molecule has 0 saturated heterocycles. The molecule has 0 nitrogen and oxygen atoms in total. The summed E-state index contributed by atoms with van der Waals surface area (Å²) in [5.41, 5.74) is 2.61. The fourth-order valence-corrected chi connectivity index (χ4v) is 2.68. The molecular weight excluding hydrogens is 208 g/mol. The SMILES string of the molecule is C=CSc1cc(C)c(SC=C)c(C)c1. The van der Waals surface area contributed by atoms with Gasteiger partial charge in [-0.1, -0.05) is 36.7 Å². The molecule has 0 aromatic heterocycles. The van der Waals surface area contributed by atoms with E-state index in [1.54, 1.807) is 23.5 Å². The van der Waals surface area contributed by atoms with Gasteiger partial charge in [0.1, 0.15) is 0 Å². The number of benzene rings is 1. The zero-order valence-corrected chi connectivity index (χ0v) is 10.2. The lowest BCUT2D eigenvalue weighted by molar-refractivity contribution is 1.17. The van der Waals surface area contributed by atoms with Crippen LogP contribution in [0.15, 0.2) is 45.9 Å². The maximum absolute atomic E-state index is 3.74. The van der Waals surface area contributed by atoms with E-state index in [0.717, 1.165) is 0 Å². The van der Waals surface area contributed by atoms with Gasteiger partial charge in [-0.05, 0) is 47.9 Å². The number of aryl methyl sites for hydroxylation is 2. The average molecular weight is 222 g/mol. The summed E-state index contributed by atoms with van der Waals surface area (Å²) in [7, 11) is 0. The van der Waals surface area contributed by atoms with Gasteiger partial charge in [0.05, 0.1) is 0 Å². The molecule has 0 aliphatic rings. The first-order chi connectivity index (χ1) is 6.69. The summed E-state index contributed by atoms with van der Waals surface area (Å²) in [6, 6.07) is 4.37. The normalized spacial score (nSPS) is 9.86. The molecule has 1 rings (SSSR count). The molecule has 0 amide bonds. The molecule has 0 N–H and O–H groups in total. The molecule has 0 heterocycles. The Kier molecular flexibility index (Phi) is 4.36. The van der Waals surface area contributed by atoms with Crippen molar-refractivity contribution in [3.05, 3.63) is 47.2 Å². The van der Waals surface area contributed by atoms with Gasteiger partial charge in [0, 0.05) is 9.79 Å². The lowest BCUT2D eigenvalue weighted by atomic mass is 10.1. The van der Waals surface area contributed by atoms with Crippen LogP contribution in [0, 0.1) is 13.8 Å². The number of rotatable bonds is 4. The predicted octanol–water partition coefficient (Wildman–Crippen LogP) is 4.77. The van der Waals surface area contributed by atoms with Crippen LogP contribution in [-0.4, -0.2) is 0 Å². The quantitative estimate of drug-likeness (QED) is 0.673. The molecule has 0 unspecified atom stereocenters. The van der Waals surface area contributed by atoms with Gasteiger partial charge in [0.25, 0.3) is 0 Å². The highest BCUT2D eigenvalue weighted by molar-refractivity contribution is 8.02. The standard InChI is InChI=1S/C12H14S2/c1-5-13-11-7-9(3)12(14-6-2)10(4)8-11/h5-8H,1-2H2,3-4H3. The third-order valence-electron chi connectivity index (χ3n) is 1.85. The van der Waals surface area contributed by atoms with Crippen molar-refractivity contribution in [2.24, 2.45) is 0 Å². The largest absolute Gasteiger partial charge is 0.0987 e. The van der Waals surface area contributed by atoms with Gasteiger partial charge in [-0.25, -0.2) is 0 Å². The summed E-state index contributed by atoms with van der Waals surface area (Å²) in [6.07, 6.45) is 0. The van der Waals surface area contributed by atoms with E-state index in [0.29, 0.717) is 0 Å². The van der Waals surface area contributed by atoms with Crippen molar-refractivity contribution >= 4 is 23.5 Å². The van der Waals surface area contributed by atoms with Crippen LogP contribution in [0.3, 0.4) is 0 Å². The van der Waals surface area contributed by atoms with Crippen molar-refractivity contribution < 1.29 is 0 Å². The highest BCUT2D eigenvalue weighted by Gasteiger charge is 2.03. The van der Waals surface area contributed by atoms with E-state index in [4.69, 9.17) is 0 Å². The van der Waals surface area contributed by atoms with Crippen molar-refractivity contribution in [1.82, 2.24) is 0 Å². The lowest BCUT2D eigenvalue weighted by Gasteiger charge is -2.08. The van der Waals surface area contributed by atoms with E-state index in [1.807, 2.05) is 10.8 Å². The summed E-state index contributed by atoms with van der Waals surface area (Å²) < 4.78 is 0. The Balaban J connectivity index is 3.10. The number of hydrogen-bond donors (Lipinski definition) is 0. The van der Waals surface area contributed by atoms with Crippen LogP contribution in [0.4, 0.5) is 0 Å². The molecule has 74 valence electrons. The Hall–Kier alpha value is -0.600. The topological polar surface area (TPSA) is 0 Å². The molecule has 0 bridgehead atoms. The molecule has 0 aliphatic heterocycles. The van der Waals surface area contributed by atoms with E-state index < -0.39 is 0 Å². The summed E-state index contributed by atoms with van der Waals surface area (Å²) in [4.78, 5) is 2.57. The van der Waals surface area contributed by atoms with Gasteiger partial charge in [-0.2, -0.15) is 0 Å². The molecule has 14 heavy (non-hydrogen) atoms. The number of hydrogen-bond acceptors (Lipinski definition) is 2. The summed E-state index contributed by atoms with van der Waals surface area (Å²) in [5, 5.41) is 3.73. The Morgan fingerprint density at radius 2 is 1.50 bits per heavy atom. The fraction of sp³-hybridized carbons (Fsp3) is 0.167. The first-order valence-corrected chi connectivity index (χ1v) is 6.11.